The molecule has 7 rings (SSSR count). The molecule has 1 atom stereocenters. The van der Waals surface area contributed by atoms with E-state index in [0.29, 0.717) is 29.8 Å². The van der Waals surface area contributed by atoms with E-state index in [2.05, 4.69) is 46.3 Å². The van der Waals surface area contributed by atoms with E-state index in [4.69, 9.17) is 19.6 Å². The second kappa shape index (κ2) is 8.80. The van der Waals surface area contributed by atoms with Gasteiger partial charge in [0.25, 0.3) is 0 Å². The molecule has 0 amide bonds. The Kier molecular flexibility index (Phi) is 5.22. The van der Waals surface area contributed by atoms with Gasteiger partial charge in [-0.2, -0.15) is 5.10 Å². The number of aromatic amines is 1. The third-order valence-electron chi connectivity index (χ3n) is 7.18. The van der Waals surface area contributed by atoms with Gasteiger partial charge in [0.2, 0.25) is 11.8 Å². The summed E-state index contributed by atoms with van der Waals surface area (Å²) in [7, 11) is 1.90. The van der Waals surface area contributed by atoms with E-state index < -0.39 is 0 Å². The minimum Gasteiger partial charge on any atom is -0.488 e. The van der Waals surface area contributed by atoms with Crippen LogP contribution in [-0.2, 0) is 13.7 Å². The first-order chi connectivity index (χ1) is 19.0. The Morgan fingerprint density at radius 3 is 2.54 bits per heavy atom. The van der Waals surface area contributed by atoms with E-state index in [1.54, 1.807) is 15.5 Å². The molecule has 6 aromatic rings. The molecule has 1 N–H and O–H groups in total. The largest absolute Gasteiger partial charge is 0.488 e. The molecule has 1 aliphatic rings. The molecule has 0 unspecified atom stereocenters. The lowest BCUT2D eigenvalue weighted by Crippen LogP contribution is -2.14. The van der Waals surface area contributed by atoms with Crippen molar-refractivity contribution in [2.24, 2.45) is 7.05 Å². The predicted molar refractivity (Wildman–Crippen MR) is 144 cm³/mol. The van der Waals surface area contributed by atoms with Crippen LogP contribution in [-0.4, -0.2) is 39.6 Å². The Labute approximate surface area is 224 Å². The molecule has 0 saturated heterocycles. The van der Waals surface area contributed by atoms with Gasteiger partial charge in [-0.1, -0.05) is 42.5 Å². The molecule has 0 spiro atoms. The molecule has 10 heteroatoms. The first-order valence-electron chi connectivity index (χ1n) is 12.7. The van der Waals surface area contributed by atoms with Crippen LogP contribution in [0.5, 0.6) is 17.5 Å². The molecule has 194 valence electrons. The number of hydrogen-bond acceptors (Lipinski definition) is 7. The van der Waals surface area contributed by atoms with Gasteiger partial charge in [0.1, 0.15) is 18.7 Å². The van der Waals surface area contributed by atoms with E-state index in [-0.39, 0.29) is 5.92 Å². The molecule has 0 bridgehead atoms. The lowest BCUT2D eigenvalue weighted by molar-refractivity contribution is 0.302. The Balaban J connectivity index is 1.24. The van der Waals surface area contributed by atoms with Crippen molar-refractivity contribution in [2.75, 3.05) is 0 Å². The van der Waals surface area contributed by atoms with Crippen LogP contribution in [0.15, 0.2) is 61.2 Å². The van der Waals surface area contributed by atoms with Crippen LogP contribution in [0, 0.1) is 20.8 Å². The maximum absolute atomic E-state index is 6.12. The molecule has 0 saturated carbocycles. The van der Waals surface area contributed by atoms with Crippen LogP contribution in [0.1, 0.15) is 45.0 Å². The third kappa shape index (κ3) is 3.83. The summed E-state index contributed by atoms with van der Waals surface area (Å²) in [4.78, 5) is 9.52. The lowest BCUT2D eigenvalue weighted by Gasteiger charge is -2.24. The van der Waals surface area contributed by atoms with Crippen LogP contribution in [0.25, 0.3) is 17.0 Å². The average molecular weight is 519 g/mol. The van der Waals surface area contributed by atoms with Gasteiger partial charge < -0.3 is 9.47 Å². The summed E-state index contributed by atoms with van der Waals surface area (Å²) in [6.45, 7) is 6.59. The number of aryl methyl sites for hydroxylation is 4. The average Bonchev–Trinajstić information content (AvgIpc) is 3.66. The van der Waals surface area contributed by atoms with Gasteiger partial charge in [-0.15, -0.1) is 10.2 Å². The van der Waals surface area contributed by atoms with E-state index in [0.717, 1.165) is 50.4 Å². The summed E-state index contributed by atoms with van der Waals surface area (Å²) < 4.78 is 15.7. The Morgan fingerprint density at radius 2 is 1.79 bits per heavy atom. The summed E-state index contributed by atoms with van der Waals surface area (Å²) in [5.74, 6) is 2.32. The van der Waals surface area contributed by atoms with Gasteiger partial charge in [0, 0.05) is 35.6 Å². The van der Waals surface area contributed by atoms with Crippen LogP contribution in [0.2, 0.25) is 0 Å². The van der Waals surface area contributed by atoms with Crippen molar-refractivity contribution >= 4 is 5.65 Å². The molecule has 39 heavy (non-hydrogen) atoms. The summed E-state index contributed by atoms with van der Waals surface area (Å²) in [6, 6.07) is 14.3. The Bertz CT molecular complexity index is 1830. The number of hydrogen-bond donors (Lipinski definition) is 1. The van der Waals surface area contributed by atoms with E-state index in [1.807, 2.05) is 56.7 Å². The smallest absolute Gasteiger partial charge is 0.244 e. The SMILES string of the molecule is Cc1cccc(C)c1OCc1ccc(-c2nc3c4c(ncn3n2)Oc2n[nH]c(C)c2[C@H]4c2cnn(C)c2)cc1. The first kappa shape index (κ1) is 23.2. The van der Waals surface area contributed by atoms with Gasteiger partial charge in [-0.05, 0) is 37.5 Å². The molecular weight excluding hydrogens is 492 g/mol. The molecule has 4 aromatic heterocycles. The van der Waals surface area contributed by atoms with Crippen molar-refractivity contribution in [3.05, 3.63) is 100 Å². The van der Waals surface area contributed by atoms with Gasteiger partial charge in [-0.25, -0.2) is 14.5 Å². The van der Waals surface area contributed by atoms with Gasteiger partial charge >= 0.3 is 0 Å². The molecule has 5 heterocycles. The number of fused-ring (bicyclic) bond motifs is 4. The molecule has 2 aromatic carbocycles. The van der Waals surface area contributed by atoms with Crippen LogP contribution in [0.3, 0.4) is 0 Å². The quantitative estimate of drug-likeness (QED) is 0.340. The summed E-state index contributed by atoms with van der Waals surface area (Å²) in [6.07, 6.45) is 5.48. The molecular formula is C29H26N8O2. The zero-order chi connectivity index (χ0) is 26.7. The van der Waals surface area contributed by atoms with Crippen molar-refractivity contribution < 1.29 is 9.47 Å². The molecule has 10 nitrogen and oxygen atoms in total. The second-order valence-corrected chi connectivity index (χ2v) is 9.92. The highest BCUT2D eigenvalue weighted by Gasteiger charge is 2.37. The topological polar surface area (TPSA) is 108 Å². The highest BCUT2D eigenvalue weighted by molar-refractivity contribution is 5.68. The zero-order valence-corrected chi connectivity index (χ0v) is 22.0. The van der Waals surface area contributed by atoms with Crippen molar-refractivity contribution in [1.29, 1.82) is 0 Å². The van der Waals surface area contributed by atoms with E-state index >= 15 is 0 Å². The van der Waals surface area contributed by atoms with Crippen LogP contribution < -0.4 is 9.47 Å². The number of nitrogens with one attached hydrogen (secondary N) is 1. The Hall–Kier alpha value is -4.99. The maximum Gasteiger partial charge on any atom is 0.244 e. The fraction of sp³-hybridized carbons (Fsp3) is 0.207. The lowest BCUT2D eigenvalue weighted by atomic mass is 9.86. The fourth-order valence-electron chi connectivity index (χ4n) is 5.24. The highest BCUT2D eigenvalue weighted by Crippen LogP contribution is 2.48. The van der Waals surface area contributed by atoms with Gasteiger partial charge in [-0.3, -0.25) is 9.78 Å². The zero-order valence-electron chi connectivity index (χ0n) is 22.0. The fourth-order valence-corrected chi connectivity index (χ4v) is 5.24. The van der Waals surface area contributed by atoms with E-state index in [1.165, 1.54) is 0 Å². The summed E-state index contributed by atoms with van der Waals surface area (Å²) in [5, 5.41) is 16.6. The van der Waals surface area contributed by atoms with Crippen molar-refractivity contribution in [1.82, 2.24) is 39.6 Å². The summed E-state index contributed by atoms with van der Waals surface area (Å²) >= 11 is 0. The summed E-state index contributed by atoms with van der Waals surface area (Å²) in [5.41, 5.74) is 8.61. The molecule has 0 aliphatic carbocycles. The molecule has 1 aliphatic heterocycles. The van der Waals surface area contributed by atoms with Crippen molar-refractivity contribution in [3.63, 3.8) is 0 Å². The van der Waals surface area contributed by atoms with Crippen molar-refractivity contribution in [2.45, 2.75) is 33.3 Å². The van der Waals surface area contributed by atoms with E-state index in [9.17, 15) is 0 Å². The maximum atomic E-state index is 6.12. The van der Waals surface area contributed by atoms with Gasteiger partial charge in [0.05, 0.1) is 17.7 Å². The monoisotopic (exact) mass is 518 g/mol. The third-order valence-corrected chi connectivity index (χ3v) is 7.18. The van der Waals surface area contributed by atoms with Crippen LogP contribution >= 0.6 is 0 Å². The minimum absolute atomic E-state index is 0.200. The molecule has 0 radical (unpaired) electrons. The normalized spacial score (nSPS) is 14.2. The number of rotatable bonds is 5. The number of H-pyrrole nitrogens is 1. The molecule has 0 fully saturated rings. The predicted octanol–water partition coefficient (Wildman–Crippen LogP) is 5.04. The highest BCUT2D eigenvalue weighted by atomic mass is 16.5. The first-order valence-corrected chi connectivity index (χ1v) is 12.7. The minimum atomic E-state index is -0.200. The van der Waals surface area contributed by atoms with Gasteiger partial charge in [0.15, 0.2) is 11.5 Å². The number of ether oxygens (including phenoxy) is 2. The Morgan fingerprint density at radius 1 is 1.00 bits per heavy atom. The number of aromatic nitrogens is 8. The standard InChI is InChI=1S/C29H26N8O2/c1-16-6-5-7-17(2)25(16)38-14-19-8-10-20(11-9-19)26-32-27-24-23(21-12-31-36(4)13-21)22-18(3)33-34-29(22)39-28(24)30-15-37(27)35-26/h5-13,15,23H,14H2,1-4H3,(H,33,34)/t23-/m1/s1. The number of benzene rings is 2. The second-order valence-electron chi connectivity index (χ2n) is 9.92. The van der Waals surface area contributed by atoms with Crippen LogP contribution in [0.4, 0.5) is 0 Å². The van der Waals surface area contributed by atoms with Crippen molar-refractivity contribution in [3.8, 4) is 28.9 Å². The number of nitrogens with zero attached hydrogens (tertiary/aromatic N) is 7. The number of para-hydroxylation sites is 1.